The first-order valence-electron chi connectivity index (χ1n) is 7.74. The second kappa shape index (κ2) is 7.09. The van der Waals surface area contributed by atoms with E-state index in [4.69, 9.17) is 4.74 Å². The Balaban J connectivity index is 1.58. The number of ether oxygens (including phenoxy) is 1. The fourth-order valence-electron chi connectivity index (χ4n) is 2.59. The Labute approximate surface area is 135 Å². The summed E-state index contributed by atoms with van der Waals surface area (Å²) in [7, 11) is 1.63. The van der Waals surface area contributed by atoms with Crippen LogP contribution in [0.15, 0.2) is 42.6 Å². The van der Waals surface area contributed by atoms with Gasteiger partial charge in [0.2, 0.25) is 5.91 Å². The monoisotopic (exact) mass is 312 g/mol. The third-order valence-electron chi connectivity index (χ3n) is 3.96. The highest BCUT2D eigenvalue weighted by Crippen LogP contribution is 2.18. The van der Waals surface area contributed by atoms with E-state index in [1.54, 1.807) is 11.8 Å². The van der Waals surface area contributed by atoms with Crippen LogP contribution in [0, 0.1) is 5.92 Å². The Kier molecular flexibility index (Phi) is 4.71. The van der Waals surface area contributed by atoms with Gasteiger partial charge in [-0.15, -0.1) is 5.10 Å². The van der Waals surface area contributed by atoms with E-state index in [-0.39, 0.29) is 11.8 Å². The lowest BCUT2D eigenvalue weighted by Crippen LogP contribution is -2.30. The molecule has 2 aromatic rings. The average Bonchev–Trinajstić information content (AvgIpc) is 3.09. The van der Waals surface area contributed by atoms with Crippen LogP contribution in [0.4, 0.5) is 0 Å². The molecule has 3 rings (SSSR count). The van der Waals surface area contributed by atoms with Crippen molar-refractivity contribution in [1.29, 1.82) is 0 Å². The number of allylic oxidation sites excluding steroid dienone is 2. The number of amides is 1. The minimum absolute atomic E-state index is 0.0802. The molecule has 0 fully saturated rings. The zero-order valence-electron chi connectivity index (χ0n) is 13.1. The molecule has 0 spiro atoms. The van der Waals surface area contributed by atoms with Gasteiger partial charge in [0.1, 0.15) is 11.4 Å². The third-order valence-corrected chi connectivity index (χ3v) is 3.96. The van der Waals surface area contributed by atoms with Crippen LogP contribution >= 0.6 is 0 Å². The van der Waals surface area contributed by atoms with Gasteiger partial charge in [0.25, 0.3) is 0 Å². The topological polar surface area (TPSA) is 69.0 Å². The molecular weight excluding hydrogens is 292 g/mol. The Bertz CT molecular complexity index is 691. The quantitative estimate of drug-likeness (QED) is 0.860. The molecule has 1 heterocycles. The highest BCUT2D eigenvalue weighted by molar-refractivity contribution is 5.78. The number of hydrogen-bond donors (Lipinski definition) is 1. The third kappa shape index (κ3) is 3.77. The number of carbonyl (C=O) groups is 1. The Morgan fingerprint density at radius 2 is 2.17 bits per heavy atom. The van der Waals surface area contributed by atoms with Crippen LogP contribution in [0.2, 0.25) is 0 Å². The molecule has 0 saturated heterocycles. The number of aromatic nitrogens is 3. The van der Waals surface area contributed by atoms with E-state index < -0.39 is 0 Å². The van der Waals surface area contributed by atoms with Gasteiger partial charge < -0.3 is 10.1 Å². The molecule has 1 unspecified atom stereocenters. The molecule has 0 bridgehead atoms. The van der Waals surface area contributed by atoms with Crippen molar-refractivity contribution in [2.75, 3.05) is 7.11 Å². The fourth-order valence-corrected chi connectivity index (χ4v) is 2.59. The van der Waals surface area contributed by atoms with E-state index in [2.05, 4.69) is 27.8 Å². The van der Waals surface area contributed by atoms with Crippen molar-refractivity contribution >= 4 is 5.91 Å². The summed E-state index contributed by atoms with van der Waals surface area (Å²) in [5.74, 6) is 0.966. The van der Waals surface area contributed by atoms with Crippen LogP contribution < -0.4 is 10.1 Å². The van der Waals surface area contributed by atoms with Crippen molar-refractivity contribution in [3.8, 4) is 11.4 Å². The molecule has 23 heavy (non-hydrogen) atoms. The van der Waals surface area contributed by atoms with Crippen molar-refractivity contribution in [3.05, 3.63) is 48.3 Å². The van der Waals surface area contributed by atoms with Crippen LogP contribution in [-0.2, 0) is 11.3 Å². The lowest BCUT2D eigenvalue weighted by Gasteiger charge is -2.16. The van der Waals surface area contributed by atoms with Gasteiger partial charge in [-0.1, -0.05) is 17.4 Å². The van der Waals surface area contributed by atoms with Gasteiger partial charge in [-0.05, 0) is 43.5 Å². The molecule has 1 aliphatic carbocycles. The molecule has 120 valence electrons. The first-order chi connectivity index (χ1) is 11.3. The molecule has 0 radical (unpaired) electrons. The largest absolute Gasteiger partial charge is 0.497 e. The summed E-state index contributed by atoms with van der Waals surface area (Å²) in [4.78, 5) is 12.1. The van der Waals surface area contributed by atoms with E-state index >= 15 is 0 Å². The highest BCUT2D eigenvalue weighted by Gasteiger charge is 2.18. The minimum atomic E-state index is 0.0802. The molecule has 0 saturated carbocycles. The minimum Gasteiger partial charge on any atom is -0.497 e. The Morgan fingerprint density at radius 1 is 1.35 bits per heavy atom. The van der Waals surface area contributed by atoms with Crippen LogP contribution in [0.5, 0.6) is 5.75 Å². The molecule has 6 nitrogen and oxygen atoms in total. The second-order valence-electron chi connectivity index (χ2n) is 5.55. The maximum absolute atomic E-state index is 12.1. The SMILES string of the molecule is COc1ccc(-n2cc(CNC(=O)C3CC=CCC3)nn2)cc1. The van der Waals surface area contributed by atoms with Gasteiger partial charge in [0.05, 0.1) is 25.5 Å². The summed E-state index contributed by atoms with van der Waals surface area (Å²) in [6, 6.07) is 7.55. The second-order valence-corrected chi connectivity index (χ2v) is 5.55. The van der Waals surface area contributed by atoms with Gasteiger partial charge in [-0.2, -0.15) is 0 Å². The number of methoxy groups -OCH3 is 1. The van der Waals surface area contributed by atoms with Crippen molar-refractivity contribution in [3.63, 3.8) is 0 Å². The summed E-state index contributed by atoms with van der Waals surface area (Å²) >= 11 is 0. The molecule has 1 aliphatic rings. The molecule has 6 heteroatoms. The molecular formula is C17H20N4O2. The average molecular weight is 312 g/mol. The van der Waals surface area contributed by atoms with E-state index in [0.29, 0.717) is 6.54 Å². The molecule has 1 amide bonds. The van der Waals surface area contributed by atoms with Crippen LogP contribution in [0.1, 0.15) is 25.0 Å². The number of nitrogens with zero attached hydrogens (tertiary/aromatic N) is 3. The van der Waals surface area contributed by atoms with Gasteiger partial charge in [-0.25, -0.2) is 4.68 Å². The maximum atomic E-state index is 12.1. The number of rotatable bonds is 5. The summed E-state index contributed by atoms with van der Waals surface area (Å²) in [5, 5.41) is 11.1. The number of carbonyl (C=O) groups excluding carboxylic acids is 1. The van der Waals surface area contributed by atoms with Crippen LogP contribution in [-0.4, -0.2) is 28.0 Å². The summed E-state index contributed by atoms with van der Waals surface area (Å²) in [6.45, 7) is 0.398. The number of hydrogen-bond acceptors (Lipinski definition) is 4. The molecule has 1 atom stereocenters. The summed E-state index contributed by atoms with van der Waals surface area (Å²) < 4.78 is 6.82. The standard InChI is InChI=1S/C17H20N4O2/c1-23-16-9-7-15(8-10-16)21-12-14(19-20-21)11-18-17(22)13-5-3-2-4-6-13/h2-3,7-10,12-13H,4-6,11H2,1H3,(H,18,22). The normalized spacial score (nSPS) is 17.0. The zero-order valence-corrected chi connectivity index (χ0v) is 13.1. The maximum Gasteiger partial charge on any atom is 0.223 e. The highest BCUT2D eigenvalue weighted by atomic mass is 16.5. The van der Waals surface area contributed by atoms with Gasteiger partial charge in [0.15, 0.2) is 0 Å². The number of nitrogens with one attached hydrogen (secondary N) is 1. The lowest BCUT2D eigenvalue weighted by atomic mass is 9.94. The van der Waals surface area contributed by atoms with Crippen molar-refractivity contribution in [2.24, 2.45) is 5.92 Å². The first-order valence-corrected chi connectivity index (χ1v) is 7.74. The van der Waals surface area contributed by atoms with Crippen LogP contribution in [0.25, 0.3) is 5.69 Å². The lowest BCUT2D eigenvalue weighted by molar-refractivity contribution is -0.125. The fraction of sp³-hybridized carbons (Fsp3) is 0.353. The first kappa shape index (κ1) is 15.3. The molecule has 1 aromatic carbocycles. The number of benzene rings is 1. The summed E-state index contributed by atoms with van der Waals surface area (Å²) in [6.07, 6.45) is 8.75. The van der Waals surface area contributed by atoms with Crippen molar-refractivity contribution < 1.29 is 9.53 Å². The van der Waals surface area contributed by atoms with E-state index in [1.165, 1.54) is 0 Å². The molecule has 1 aromatic heterocycles. The van der Waals surface area contributed by atoms with E-state index in [0.717, 1.165) is 36.4 Å². The van der Waals surface area contributed by atoms with Gasteiger partial charge in [-0.3, -0.25) is 4.79 Å². The van der Waals surface area contributed by atoms with Crippen molar-refractivity contribution in [2.45, 2.75) is 25.8 Å². The van der Waals surface area contributed by atoms with Crippen molar-refractivity contribution in [1.82, 2.24) is 20.3 Å². The zero-order chi connectivity index (χ0) is 16.1. The smallest absolute Gasteiger partial charge is 0.223 e. The summed E-state index contributed by atoms with van der Waals surface area (Å²) in [5.41, 5.74) is 1.63. The molecule has 1 N–H and O–H groups in total. The van der Waals surface area contributed by atoms with Crippen LogP contribution in [0.3, 0.4) is 0 Å². The predicted octanol–water partition coefficient (Wildman–Crippen LogP) is 2.25. The molecule has 0 aliphatic heterocycles. The van der Waals surface area contributed by atoms with Gasteiger partial charge >= 0.3 is 0 Å². The Morgan fingerprint density at radius 3 is 2.87 bits per heavy atom. The van der Waals surface area contributed by atoms with E-state index in [9.17, 15) is 4.79 Å². The van der Waals surface area contributed by atoms with Gasteiger partial charge in [0, 0.05) is 5.92 Å². The predicted molar refractivity (Wildman–Crippen MR) is 86.2 cm³/mol. The van der Waals surface area contributed by atoms with E-state index in [1.807, 2.05) is 30.5 Å². The Hall–Kier alpha value is -2.63.